The largest absolute Gasteiger partial charge is 0.359 e. The number of aryl methyl sites for hydroxylation is 1. The third-order valence-electron chi connectivity index (χ3n) is 2.62. The van der Waals surface area contributed by atoms with Gasteiger partial charge in [-0.3, -0.25) is 14.2 Å². The second-order valence-electron chi connectivity index (χ2n) is 3.76. The second kappa shape index (κ2) is 4.29. The summed E-state index contributed by atoms with van der Waals surface area (Å²) in [5.41, 5.74) is 0.563. The first-order valence-electron chi connectivity index (χ1n) is 5.04. The quantitative estimate of drug-likeness (QED) is 0.702. The fourth-order valence-electron chi connectivity index (χ4n) is 1.66. The maximum Gasteiger partial charge on any atom is 0.257 e. The summed E-state index contributed by atoms with van der Waals surface area (Å²) >= 11 is 1.45. The number of carbonyl (C=O) groups is 1. The highest BCUT2D eigenvalue weighted by Crippen LogP contribution is 2.24. The Morgan fingerprint density at radius 1 is 1.69 bits per heavy atom. The highest BCUT2D eigenvalue weighted by molar-refractivity contribution is 7.99. The monoisotopic (exact) mass is 239 g/mol. The summed E-state index contributed by atoms with van der Waals surface area (Å²) in [4.78, 5) is 27.6. The molecule has 5 nitrogen and oxygen atoms in total. The van der Waals surface area contributed by atoms with E-state index in [1.54, 1.807) is 24.7 Å². The Morgan fingerprint density at radius 2 is 2.44 bits per heavy atom. The van der Waals surface area contributed by atoms with Gasteiger partial charge in [0.1, 0.15) is 0 Å². The molecule has 1 unspecified atom stereocenters. The maximum atomic E-state index is 11.8. The summed E-state index contributed by atoms with van der Waals surface area (Å²) in [5.74, 6) is 0.505. The van der Waals surface area contributed by atoms with Crippen molar-refractivity contribution in [3.05, 3.63) is 22.1 Å². The summed E-state index contributed by atoms with van der Waals surface area (Å²) < 4.78 is 1.59. The van der Waals surface area contributed by atoms with Crippen LogP contribution in [0.15, 0.2) is 16.1 Å². The Bertz CT molecular complexity index is 483. The Morgan fingerprint density at radius 3 is 3.12 bits per heavy atom. The molecule has 1 aliphatic heterocycles. The summed E-state index contributed by atoms with van der Waals surface area (Å²) in [6, 6.07) is 0. The van der Waals surface area contributed by atoms with Crippen LogP contribution in [0.4, 0.5) is 0 Å². The zero-order chi connectivity index (χ0) is 11.7. The molecule has 16 heavy (non-hydrogen) atoms. The molecule has 2 rings (SSSR count). The molecule has 86 valence electrons. The fraction of sp³-hybridized carbons (Fsp3) is 0.500. The molecule has 1 atom stereocenters. The first-order valence-corrected chi connectivity index (χ1v) is 6.03. The Hall–Kier alpha value is -1.30. The van der Waals surface area contributed by atoms with E-state index in [-0.39, 0.29) is 17.4 Å². The predicted octanol–water partition coefficient (Wildman–Crippen LogP) is 0.0196. The number of carbonyl (C=O) groups excluding carboxylic acids is 1. The van der Waals surface area contributed by atoms with E-state index in [2.05, 4.69) is 10.3 Å². The lowest BCUT2D eigenvalue weighted by atomic mass is 10.1. The molecule has 1 aliphatic rings. The topological polar surface area (TPSA) is 64.0 Å². The smallest absolute Gasteiger partial charge is 0.257 e. The fourth-order valence-corrected chi connectivity index (χ4v) is 2.71. The molecule has 1 N–H and O–H groups in total. The van der Waals surface area contributed by atoms with Crippen molar-refractivity contribution in [2.45, 2.75) is 18.6 Å². The molecule has 0 aliphatic carbocycles. The number of hydrogen-bond donors (Lipinski definition) is 1. The Balaban J connectivity index is 2.36. The second-order valence-corrected chi connectivity index (χ2v) is 4.75. The molecule has 0 aromatic carbocycles. The van der Waals surface area contributed by atoms with E-state index in [1.165, 1.54) is 11.8 Å². The average molecular weight is 239 g/mol. The van der Waals surface area contributed by atoms with Gasteiger partial charge in [-0.05, 0) is 6.92 Å². The minimum Gasteiger partial charge on any atom is -0.359 e. The van der Waals surface area contributed by atoms with Crippen LogP contribution in [0.2, 0.25) is 0 Å². The van der Waals surface area contributed by atoms with Crippen molar-refractivity contribution in [2.75, 3.05) is 12.8 Å². The van der Waals surface area contributed by atoms with Crippen LogP contribution in [0.1, 0.15) is 5.56 Å². The van der Waals surface area contributed by atoms with Crippen LogP contribution in [0.5, 0.6) is 0 Å². The zero-order valence-corrected chi connectivity index (χ0v) is 10.0. The van der Waals surface area contributed by atoms with E-state index >= 15 is 0 Å². The van der Waals surface area contributed by atoms with Crippen LogP contribution < -0.4 is 10.9 Å². The molecule has 6 heteroatoms. The van der Waals surface area contributed by atoms with Gasteiger partial charge in [-0.2, -0.15) is 0 Å². The van der Waals surface area contributed by atoms with Crippen LogP contribution in [0, 0.1) is 12.8 Å². The van der Waals surface area contributed by atoms with Crippen LogP contribution >= 0.6 is 11.8 Å². The molecule has 1 amide bonds. The van der Waals surface area contributed by atoms with E-state index in [4.69, 9.17) is 0 Å². The van der Waals surface area contributed by atoms with Gasteiger partial charge in [0.15, 0.2) is 5.16 Å². The summed E-state index contributed by atoms with van der Waals surface area (Å²) in [7, 11) is 1.61. The van der Waals surface area contributed by atoms with E-state index < -0.39 is 0 Å². The number of fused-ring (bicyclic) bond motifs is 1. The van der Waals surface area contributed by atoms with Crippen molar-refractivity contribution in [3.63, 3.8) is 0 Å². The predicted molar refractivity (Wildman–Crippen MR) is 61.5 cm³/mol. The van der Waals surface area contributed by atoms with E-state index in [9.17, 15) is 9.59 Å². The van der Waals surface area contributed by atoms with Crippen molar-refractivity contribution in [2.24, 2.45) is 5.92 Å². The van der Waals surface area contributed by atoms with Crippen LogP contribution in [0.3, 0.4) is 0 Å². The Kier molecular flexibility index (Phi) is 3.00. The molecular weight excluding hydrogens is 226 g/mol. The van der Waals surface area contributed by atoms with Gasteiger partial charge in [0, 0.05) is 31.1 Å². The molecule has 2 heterocycles. The van der Waals surface area contributed by atoms with Crippen LogP contribution in [-0.4, -0.2) is 28.3 Å². The van der Waals surface area contributed by atoms with Gasteiger partial charge in [-0.1, -0.05) is 11.8 Å². The van der Waals surface area contributed by atoms with E-state index in [0.717, 1.165) is 0 Å². The van der Waals surface area contributed by atoms with Crippen molar-refractivity contribution < 1.29 is 4.79 Å². The third-order valence-corrected chi connectivity index (χ3v) is 3.77. The Labute approximate surface area is 97.3 Å². The number of nitrogens with zero attached hydrogens (tertiary/aromatic N) is 2. The van der Waals surface area contributed by atoms with Gasteiger partial charge in [0.05, 0.1) is 5.92 Å². The molecule has 0 saturated heterocycles. The van der Waals surface area contributed by atoms with Crippen molar-refractivity contribution in [3.8, 4) is 0 Å². The van der Waals surface area contributed by atoms with Crippen LogP contribution in [0.25, 0.3) is 0 Å². The van der Waals surface area contributed by atoms with Crippen LogP contribution in [-0.2, 0) is 11.3 Å². The van der Waals surface area contributed by atoms with Crippen molar-refractivity contribution >= 4 is 17.7 Å². The lowest BCUT2D eigenvalue weighted by molar-refractivity contribution is -0.124. The highest BCUT2D eigenvalue weighted by Gasteiger charge is 2.25. The molecule has 1 aromatic rings. The summed E-state index contributed by atoms with van der Waals surface area (Å²) in [6.07, 6.45) is 1.58. The molecule has 0 spiro atoms. The number of nitrogens with one attached hydrogen (secondary N) is 1. The van der Waals surface area contributed by atoms with Gasteiger partial charge in [-0.25, -0.2) is 4.98 Å². The summed E-state index contributed by atoms with van der Waals surface area (Å²) in [6.45, 7) is 2.16. The summed E-state index contributed by atoms with van der Waals surface area (Å²) in [5, 5.41) is 3.32. The van der Waals surface area contributed by atoms with Gasteiger partial charge in [0.25, 0.3) is 5.56 Å². The minimum absolute atomic E-state index is 0.0217. The molecular formula is C10H13N3O2S. The minimum atomic E-state index is -0.149. The van der Waals surface area contributed by atoms with E-state index in [1.807, 2.05) is 0 Å². The molecule has 0 radical (unpaired) electrons. The van der Waals surface area contributed by atoms with E-state index in [0.29, 0.717) is 23.0 Å². The SMILES string of the molecule is CNC(=O)C1CSc2ncc(C)c(=O)n2C1. The molecule has 0 saturated carbocycles. The third kappa shape index (κ3) is 1.84. The number of thioether (sulfide) groups is 1. The number of aromatic nitrogens is 2. The first-order chi connectivity index (χ1) is 7.63. The van der Waals surface area contributed by atoms with Gasteiger partial charge in [0.2, 0.25) is 5.91 Å². The normalized spacial score (nSPS) is 19.0. The molecule has 1 aromatic heterocycles. The van der Waals surface area contributed by atoms with Crippen molar-refractivity contribution in [1.29, 1.82) is 0 Å². The standard InChI is InChI=1S/C10H13N3O2S/c1-6-3-12-10-13(9(6)15)4-7(5-16-10)8(14)11-2/h3,7H,4-5H2,1-2H3,(H,11,14). The van der Waals surface area contributed by atoms with Gasteiger partial charge in [-0.15, -0.1) is 0 Å². The number of rotatable bonds is 1. The lowest BCUT2D eigenvalue weighted by Gasteiger charge is -2.23. The average Bonchev–Trinajstić information content (AvgIpc) is 2.32. The first kappa shape index (κ1) is 11.2. The zero-order valence-electron chi connectivity index (χ0n) is 9.19. The lowest BCUT2D eigenvalue weighted by Crippen LogP contribution is -2.39. The maximum absolute atomic E-state index is 11.8. The number of amides is 1. The molecule has 0 fully saturated rings. The van der Waals surface area contributed by atoms with Crippen molar-refractivity contribution in [1.82, 2.24) is 14.9 Å². The van der Waals surface area contributed by atoms with Gasteiger partial charge >= 0.3 is 0 Å². The number of hydrogen-bond acceptors (Lipinski definition) is 4. The van der Waals surface area contributed by atoms with Gasteiger partial charge < -0.3 is 5.32 Å². The highest BCUT2D eigenvalue weighted by atomic mass is 32.2. The molecule has 0 bridgehead atoms.